The molecule has 1 fully saturated rings. The topological polar surface area (TPSA) is 82.3 Å². The summed E-state index contributed by atoms with van der Waals surface area (Å²) in [6.45, 7) is 0.219. The SMILES string of the molecule is CN(Cc1ccc(F)cc1)C(=O)c1cc(C(=O)NC2CC2)c[nH]c1=O. The van der Waals surface area contributed by atoms with E-state index in [1.54, 1.807) is 19.2 Å². The lowest BCUT2D eigenvalue weighted by molar-refractivity contribution is 0.0783. The van der Waals surface area contributed by atoms with Crippen molar-refractivity contribution in [3.8, 4) is 0 Å². The Morgan fingerprint density at radius 3 is 2.60 bits per heavy atom. The molecule has 0 radical (unpaired) electrons. The number of benzene rings is 1. The van der Waals surface area contributed by atoms with Gasteiger partial charge in [-0.3, -0.25) is 14.4 Å². The molecule has 3 rings (SSSR count). The smallest absolute Gasteiger partial charge is 0.260 e. The molecule has 0 atom stereocenters. The minimum absolute atomic E-state index is 0.104. The molecule has 0 unspecified atom stereocenters. The lowest BCUT2D eigenvalue weighted by Crippen LogP contribution is -2.33. The van der Waals surface area contributed by atoms with E-state index in [0.717, 1.165) is 18.4 Å². The summed E-state index contributed by atoms with van der Waals surface area (Å²) < 4.78 is 13.0. The van der Waals surface area contributed by atoms with E-state index in [1.165, 1.54) is 29.3 Å². The van der Waals surface area contributed by atoms with Crippen LogP contribution in [-0.2, 0) is 6.54 Å². The first kappa shape index (κ1) is 16.9. The van der Waals surface area contributed by atoms with Gasteiger partial charge in [-0.2, -0.15) is 0 Å². The molecule has 2 amide bonds. The second-order valence-electron chi connectivity index (χ2n) is 6.17. The molecule has 6 nitrogen and oxygen atoms in total. The maximum Gasteiger partial charge on any atom is 0.260 e. The number of nitrogens with one attached hydrogen (secondary N) is 2. The highest BCUT2D eigenvalue weighted by Crippen LogP contribution is 2.19. The van der Waals surface area contributed by atoms with Gasteiger partial charge in [0.1, 0.15) is 11.4 Å². The van der Waals surface area contributed by atoms with Crippen LogP contribution in [0.3, 0.4) is 0 Å². The van der Waals surface area contributed by atoms with E-state index in [4.69, 9.17) is 0 Å². The number of hydrogen-bond acceptors (Lipinski definition) is 3. The Kier molecular flexibility index (Phi) is 4.65. The third-order valence-corrected chi connectivity index (χ3v) is 3.99. The first-order chi connectivity index (χ1) is 11.9. The Morgan fingerprint density at radius 2 is 1.96 bits per heavy atom. The van der Waals surface area contributed by atoms with Gasteiger partial charge in [-0.05, 0) is 36.6 Å². The maximum absolute atomic E-state index is 13.0. The van der Waals surface area contributed by atoms with Crippen LogP contribution < -0.4 is 10.9 Å². The van der Waals surface area contributed by atoms with Gasteiger partial charge in [0, 0.05) is 25.8 Å². The second-order valence-corrected chi connectivity index (χ2v) is 6.17. The van der Waals surface area contributed by atoms with Crippen molar-refractivity contribution in [3.05, 3.63) is 69.4 Å². The van der Waals surface area contributed by atoms with E-state index >= 15 is 0 Å². The number of aromatic nitrogens is 1. The summed E-state index contributed by atoms with van der Waals surface area (Å²) in [5.41, 5.74) is 0.313. The molecule has 0 saturated heterocycles. The van der Waals surface area contributed by atoms with E-state index in [0.29, 0.717) is 0 Å². The molecule has 130 valence electrons. The summed E-state index contributed by atoms with van der Waals surface area (Å²) in [5, 5.41) is 2.81. The predicted molar refractivity (Wildman–Crippen MR) is 89.7 cm³/mol. The normalized spacial score (nSPS) is 13.4. The van der Waals surface area contributed by atoms with Gasteiger partial charge in [-0.1, -0.05) is 12.1 Å². The summed E-state index contributed by atoms with van der Waals surface area (Å²) in [5.74, 6) is -1.18. The zero-order valence-electron chi connectivity index (χ0n) is 13.7. The molecule has 1 aliphatic rings. The van der Waals surface area contributed by atoms with Crippen LogP contribution >= 0.6 is 0 Å². The minimum atomic E-state index is -0.557. The fraction of sp³-hybridized carbons (Fsp3) is 0.278. The predicted octanol–water partition coefficient (Wildman–Crippen LogP) is 1.68. The number of rotatable bonds is 5. The average Bonchev–Trinajstić information content (AvgIpc) is 3.40. The van der Waals surface area contributed by atoms with Crippen molar-refractivity contribution in [2.24, 2.45) is 0 Å². The summed E-state index contributed by atoms with van der Waals surface area (Å²) in [6.07, 6.45) is 3.19. The number of H-pyrrole nitrogens is 1. The van der Waals surface area contributed by atoms with Crippen LogP contribution in [0, 0.1) is 5.82 Å². The molecule has 1 aromatic heterocycles. The van der Waals surface area contributed by atoms with Crippen LogP contribution in [0.1, 0.15) is 39.1 Å². The number of carbonyl (C=O) groups is 2. The third kappa shape index (κ3) is 4.12. The van der Waals surface area contributed by atoms with Crippen LogP contribution in [0.4, 0.5) is 4.39 Å². The first-order valence-corrected chi connectivity index (χ1v) is 7.97. The molecule has 0 aliphatic heterocycles. The number of pyridine rings is 1. The lowest BCUT2D eigenvalue weighted by Gasteiger charge is -2.17. The van der Waals surface area contributed by atoms with Crippen molar-refractivity contribution >= 4 is 11.8 Å². The van der Waals surface area contributed by atoms with Gasteiger partial charge in [-0.25, -0.2) is 4.39 Å². The van der Waals surface area contributed by atoms with Gasteiger partial charge < -0.3 is 15.2 Å². The minimum Gasteiger partial charge on any atom is -0.349 e. The number of amides is 2. The largest absolute Gasteiger partial charge is 0.349 e. The highest BCUT2D eigenvalue weighted by molar-refractivity contribution is 5.99. The maximum atomic E-state index is 13.0. The van der Waals surface area contributed by atoms with Gasteiger partial charge in [0.05, 0.1) is 5.56 Å². The van der Waals surface area contributed by atoms with Gasteiger partial charge in [0.25, 0.3) is 17.4 Å². The molecule has 7 heteroatoms. The van der Waals surface area contributed by atoms with E-state index in [1.807, 2.05) is 0 Å². The molecule has 1 saturated carbocycles. The van der Waals surface area contributed by atoms with Crippen molar-refractivity contribution in [3.63, 3.8) is 0 Å². The average molecular weight is 343 g/mol. The van der Waals surface area contributed by atoms with Crippen molar-refractivity contribution in [2.75, 3.05) is 7.05 Å². The molecule has 1 heterocycles. The van der Waals surface area contributed by atoms with Crippen molar-refractivity contribution in [2.45, 2.75) is 25.4 Å². The van der Waals surface area contributed by atoms with Crippen LogP contribution in [0.5, 0.6) is 0 Å². The molecular weight excluding hydrogens is 325 g/mol. The molecule has 25 heavy (non-hydrogen) atoms. The molecule has 0 spiro atoms. The molecule has 2 aromatic rings. The lowest BCUT2D eigenvalue weighted by atomic mass is 10.1. The van der Waals surface area contributed by atoms with Crippen LogP contribution in [0.15, 0.2) is 41.3 Å². The molecule has 1 aromatic carbocycles. The summed E-state index contributed by atoms with van der Waals surface area (Å²) >= 11 is 0. The molecule has 2 N–H and O–H groups in total. The van der Waals surface area contributed by atoms with Crippen LogP contribution in [0.2, 0.25) is 0 Å². The third-order valence-electron chi connectivity index (χ3n) is 3.99. The molecule has 0 bridgehead atoms. The van der Waals surface area contributed by atoms with Gasteiger partial charge in [0.15, 0.2) is 0 Å². The van der Waals surface area contributed by atoms with Crippen LogP contribution in [0.25, 0.3) is 0 Å². The Labute approximate surface area is 143 Å². The van der Waals surface area contributed by atoms with Crippen molar-refractivity contribution < 1.29 is 14.0 Å². The summed E-state index contributed by atoms with van der Waals surface area (Å²) in [6, 6.07) is 7.25. The highest BCUT2D eigenvalue weighted by Gasteiger charge is 2.25. The Morgan fingerprint density at radius 1 is 1.28 bits per heavy atom. The van der Waals surface area contributed by atoms with E-state index in [9.17, 15) is 18.8 Å². The molecule has 1 aliphatic carbocycles. The first-order valence-electron chi connectivity index (χ1n) is 7.97. The number of hydrogen-bond donors (Lipinski definition) is 2. The number of halogens is 1. The highest BCUT2D eigenvalue weighted by atomic mass is 19.1. The van der Waals surface area contributed by atoms with Gasteiger partial charge in [0.2, 0.25) is 0 Å². The number of carbonyl (C=O) groups excluding carboxylic acids is 2. The summed E-state index contributed by atoms with van der Waals surface area (Å²) in [7, 11) is 1.54. The van der Waals surface area contributed by atoms with Crippen molar-refractivity contribution in [1.29, 1.82) is 0 Å². The standard InChI is InChI=1S/C18H18FN3O3/c1-22(10-11-2-4-13(19)5-3-11)18(25)15-8-12(9-20-17(15)24)16(23)21-14-6-7-14/h2-5,8-9,14H,6-7,10H2,1H3,(H,20,24)(H,21,23). The van der Waals surface area contributed by atoms with Crippen LogP contribution in [-0.4, -0.2) is 34.8 Å². The quantitative estimate of drug-likeness (QED) is 0.866. The van der Waals surface area contributed by atoms with Gasteiger partial charge in [-0.15, -0.1) is 0 Å². The fourth-order valence-electron chi connectivity index (χ4n) is 2.41. The van der Waals surface area contributed by atoms with Crippen molar-refractivity contribution in [1.82, 2.24) is 15.2 Å². The second kappa shape index (κ2) is 6.88. The Balaban J connectivity index is 1.76. The zero-order chi connectivity index (χ0) is 18.0. The number of aromatic amines is 1. The Bertz CT molecular complexity index is 857. The van der Waals surface area contributed by atoms with E-state index < -0.39 is 11.5 Å². The number of nitrogens with zero attached hydrogens (tertiary/aromatic N) is 1. The monoisotopic (exact) mass is 343 g/mol. The van der Waals surface area contributed by atoms with E-state index in [2.05, 4.69) is 10.3 Å². The fourth-order valence-corrected chi connectivity index (χ4v) is 2.41. The summed E-state index contributed by atoms with van der Waals surface area (Å²) in [4.78, 5) is 40.4. The van der Waals surface area contributed by atoms with E-state index in [-0.39, 0.29) is 35.4 Å². The Hall–Kier alpha value is -2.96. The van der Waals surface area contributed by atoms with Gasteiger partial charge >= 0.3 is 0 Å². The zero-order valence-corrected chi connectivity index (χ0v) is 13.7. The molecular formula is C18H18FN3O3.